The second kappa shape index (κ2) is 5.53. The Morgan fingerprint density at radius 3 is 2.24 bits per heavy atom. The van der Waals surface area contributed by atoms with E-state index in [1.165, 1.54) is 0 Å². The average Bonchev–Trinajstić information content (AvgIpc) is 2.20. The molecule has 3 nitrogen and oxygen atoms in total. The highest BCUT2D eigenvalue weighted by atomic mass is 16.5. The predicted molar refractivity (Wildman–Crippen MR) is 68.3 cm³/mol. The monoisotopic (exact) mass is 234 g/mol. The van der Waals surface area contributed by atoms with E-state index >= 15 is 0 Å². The van der Waals surface area contributed by atoms with Crippen molar-refractivity contribution in [3.05, 3.63) is 34.9 Å². The molecule has 92 valence electrons. The first-order valence-electron chi connectivity index (χ1n) is 5.59. The summed E-state index contributed by atoms with van der Waals surface area (Å²) in [6.07, 6.45) is 2.85. The first-order valence-corrected chi connectivity index (χ1v) is 5.59. The molecule has 0 saturated heterocycles. The normalized spacial score (nSPS) is 11.1. The molecule has 0 radical (unpaired) electrons. The summed E-state index contributed by atoms with van der Waals surface area (Å²) in [6.45, 7) is 7.89. The van der Waals surface area contributed by atoms with Crippen molar-refractivity contribution in [3.8, 4) is 5.75 Å². The molecule has 0 spiro atoms. The zero-order valence-corrected chi connectivity index (χ0v) is 10.7. The van der Waals surface area contributed by atoms with Gasteiger partial charge in [0.05, 0.1) is 6.10 Å². The van der Waals surface area contributed by atoms with E-state index in [-0.39, 0.29) is 6.10 Å². The molecule has 0 saturated carbocycles. The van der Waals surface area contributed by atoms with Crippen LogP contribution in [0.3, 0.4) is 0 Å². The first-order chi connectivity index (χ1) is 7.90. The summed E-state index contributed by atoms with van der Waals surface area (Å²) in [7, 11) is 0. The van der Waals surface area contributed by atoms with Crippen molar-refractivity contribution in [2.75, 3.05) is 0 Å². The Balaban J connectivity index is 3.05. The Hall–Kier alpha value is -1.77. The van der Waals surface area contributed by atoms with Gasteiger partial charge in [-0.2, -0.15) is 0 Å². The van der Waals surface area contributed by atoms with Crippen LogP contribution in [0.2, 0.25) is 0 Å². The number of rotatable bonds is 4. The lowest BCUT2D eigenvalue weighted by Crippen LogP contribution is -2.08. The third kappa shape index (κ3) is 3.94. The molecule has 1 rings (SSSR count). The molecular weight excluding hydrogens is 216 g/mol. The van der Waals surface area contributed by atoms with Gasteiger partial charge in [0.15, 0.2) is 0 Å². The van der Waals surface area contributed by atoms with E-state index in [2.05, 4.69) is 0 Å². The first kappa shape index (κ1) is 13.3. The van der Waals surface area contributed by atoms with Crippen molar-refractivity contribution in [3.63, 3.8) is 0 Å². The summed E-state index contributed by atoms with van der Waals surface area (Å²) < 4.78 is 5.72. The van der Waals surface area contributed by atoms with E-state index in [1.54, 1.807) is 6.08 Å². The summed E-state index contributed by atoms with van der Waals surface area (Å²) in [5, 5.41) is 8.58. The van der Waals surface area contributed by atoms with Crippen molar-refractivity contribution in [2.24, 2.45) is 0 Å². The number of aryl methyl sites for hydroxylation is 2. The Bertz CT molecular complexity index is 422. The molecule has 0 aliphatic rings. The summed E-state index contributed by atoms with van der Waals surface area (Å²) in [4.78, 5) is 10.4. The lowest BCUT2D eigenvalue weighted by molar-refractivity contribution is -0.131. The molecule has 0 bridgehead atoms. The fourth-order valence-corrected chi connectivity index (χ4v) is 1.67. The minimum atomic E-state index is -0.942. The molecule has 0 heterocycles. The minimum Gasteiger partial charge on any atom is -0.490 e. The maximum absolute atomic E-state index is 10.4. The quantitative estimate of drug-likeness (QED) is 0.814. The van der Waals surface area contributed by atoms with Crippen LogP contribution in [0.4, 0.5) is 0 Å². The van der Waals surface area contributed by atoms with Crippen molar-refractivity contribution in [1.29, 1.82) is 0 Å². The summed E-state index contributed by atoms with van der Waals surface area (Å²) in [5.74, 6) is -0.0599. The smallest absolute Gasteiger partial charge is 0.328 e. The van der Waals surface area contributed by atoms with Gasteiger partial charge in [0, 0.05) is 6.08 Å². The van der Waals surface area contributed by atoms with E-state index in [1.807, 2.05) is 39.8 Å². The number of carboxylic acids is 1. The van der Waals surface area contributed by atoms with Gasteiger partial charge in [0.2, 0.25) is 0 Å². The van der Waals surface area contributed by atoms with Gasteiger partial charge >= 0.3 is 5.97 Å². The molecule has 1 aromatic carbocycles. The molecule has 3 heteroatoms. The fraction of sp³-hybridized carbons (Fsp3) is 0.357. The SMILES string of the molecule is Cc1cc(/C=C/C(=O)O)cc(C)c1OC(C)C. The number of hydrogen-bond acceptors (Lipinski definition) is 2. The van der Waals surface area contributed by atoms with Crippen molar-refractivity contribution in [1.82, 2.24) is 0 Å². The zero-order chi connectivity index (χ0) is 13.0. The van der Waals surface area contributed by atoms with Gasteiger partial charge in [-0.25, -0.2) is 4.79 Å². The number of ether oxygens (including phenoxy) is 1. The topological polar surface area (TPSA) is 46.5 Å². The molecular formula is C14H18O3. The molecule has 1 aromatic rings. The molecule has 0 aromatic heterocycles. The van der Waals surface area contributed by atoms with E-state index < -0.39 is 5.97 Å². The van der Waals surface area contributed by atoms with E-state index in [0.717, 1.165) is 28.5 Å². The predicted octanol–water partition coefficient (Wildman–Crippen LogP) is 3.19. The lowest BCUT2D eigenvalue weighted by atomic mass is 10.1. The molecule has 17 heavy (non-hydrogen) atoms. The lowest BCUT2D eigenvalue weighted by Gasteiger charge is -2.15. The highest BCUT2D eigenvalue weighted by molar-refractivity contribution is 5.85. The van der Waals surface area contributed by atoms with Crippen molar-refractivity contribution >= 4 is 12.0 Å². The van der Waals surface area contributed by atoms with E-state index in [4.69, 9.17) is 9.84 Å². The Morgan fingerprint density at radius 2 is 1.82 bits per heavy atom. The summed E-state index contributed by atoms with van der Waals surface area (Å²) in [5.41, 5.74) is 2.91. The van der Waals surface area contributed by atoms with Gasteiger partial charge in [0.1, 0.15) is 5.75 Å². The zero-order valence-electron chi connectivity index (χ0n) is 10.7. The molecule has 0 amide bonds. The second-order valence-corrected chi connectivity index (χ2v) is 4.32. The Morgan fingerprint density at radius 1 is 1.29 bits per heavy atom. The Kier molecular flexibility index (Phi) is 4.32. The van der Waals surface area contributed by atoms with Gasteiger partial charge in [-0.15, -0.1) is 0 Å². The number of aliphatic carboxylic acids is 1. The third-order valence-corrected chi connectivity index (χ3v) is 2.25. The van der Waals surface area contributed by atoms with Crippen LogP contribution in [-0.2, 0) is 4.79 Å². The van der Waals surface area contributed by atoms with Crippen LogP contribution >= 0.6 is 0 Å². The number of carbonyl (C=O) groups is 1. The Labute approximate surface area is 102 Å². The minimum absolute atomic E-state index is 0.132. The van der Waals surface area contributed by atoms with Gasteiger partial charge in [-0.3, -0.25) is 0 Å². The third-order valence-electron chi connectivity index (χ3n) is 2.25. The van der Waals surface area contributed by atoms with Crippen molar-refractivity contribution < 1.29 is 14.6 Å². The maximum Gasteiger partial charge on any atom is 0.328 e. The van der Waals surface area contributed by atoms with Crippen LogP contribution in [-0.4, -0.2) is 17.2 Å². The van der Waals surface area contributed by atoms with Gasteiger partial charge in [0.25, 0.3) is 0 Å². The van der Waals surface area contributed by atoms with E-state index in [0.29, 0.717) is 0 Å². The molecule has 0 atom stereocenters. The van der Waals surface area contributed by atoms with Crippen LogP contribution in [0.5, 0.6) is 5.75 Å². The van der Waals surface area contributed by atoms with E-state index in [9.17, 15) is 4.79 Å². The standard InChI is InChI=1S/C14H18O3/c1-9(2)17-14-10(3)7-12(8-11(14)4)5-6-13(15)16/h5-9H,1-4H3,(H,15,16)/b6-5+. The molecule has 1 N–H and O–H groups in total. The average molecular weight is 234 g/mol. The fourth-order valence-electron chi connectivity index (χ4n) is 1.67. The van der Waals surface area contributed by atoms with Gasteiger partial charge < -0.3 is 9.84 Å². The number of hydrogen-bond donors (Lipinski definition) is 1. The highest BCUT2D eigenvalue weighted by Gasteiger charge is 2.07. The largest absolute Gasteiger partial charge is 0.490 e. The second-order valence-electron chi connectivity index (χ2n) is 4.32. The highest BCUT2D eigenvalue weighted by Crippen LogP contribution is 2.26. The molecule has 0 fully saturated rings. The summed E-state index contributed by atoms with van der Waals surface area (Å²) in [6, 6.07) is 3.84. The number of benzene rings is 1. The maximum atomic E-state index is 10.4. The van der Waals surface area contributed by atoms with Gasteiger partial charge in [-0.05, 0) is 62.6 Å². The van der Waals surface area contributed by atoms with Crippen molar-refractivity contribution in [2.45, 2.75) is 33.8 Å². The van der Waals surface area contributed by atoms with Crippen LogP contribution < -0.4 is 4.74 Å². The summed E-state index contributed by atoms with van der Waals surface area (Å²) >= 11 is 0. The number of carboxylic acid groups (broad SMARTS) is 1. The van der Waals surface area contributed by atoms with Crippen LogP contribution in [0.1, 0.15) is 30.5 Å². The van der Waals surface area contributed by atoms with Crippen LogP contribution in [0, 0.1) is 13.8 Å². The van der Waals surface area contributed by atoms with Crippen LogP contribution in [0.15, 0.2) is 18.2 Å². The molecule has 0 aliphatic carbocycles. The van der Waals surface area contributed by atoms with Crippen LogP contribution in [0.25, 0.3) is 6.08 Å². The molecule has 0 aliphatic heterocycles. The van der Waals surface area contributed by atoms with Gasteiger partial charge in [-0.1, -0.05) is 0 Å². The molecule has 0 unspecified atom stereocenters.